The van der Waals surface area contributed by atoms with Gasteiger partial charge in [0, 0.05) is 31.0 Å². The highest BCUT2D eigenvalue weighted by atomic mass is 35.5. The van der Waals surface area contributed by atoms with Crippen LogP contribution in [0.2, 0.25) is 0 Å². The minimum atomic E-state index is -1.05. The fourth-order valence-corrected chi connectivity index (χ4v) is 5.07. The molecule has 1 aliphatic rings. The van der Waals surface area contributed by atoms with Crippen LogP contribution in [0.4, 0.5) is 5.69 Å². The number of carbonyl (C=O) groups excluding carboxylic acids is 3. The molecule has 0 fully saturated rings. The third kappa shape index (κ3) is 6.67. The number of anilines is 1. The lowest BCUT2D eigenvalue weighted by Crippen LogP contribution is -3.00. The molecule has 1 aliphatic heterocycles. The van der Waals surface area contributed by atoms with E-state index in [4.69, 9.17) is 4.99 Å². The van der Waals surface area contributed by atoms with Gasteiger partial charge in [-0.05, 0) is 24.2 Å². The summed E-state index contributed by atoms with van der Waals surface area (Å²) in [6.07, 6.45) is 3.69. The summed E-state index contributed by atoms with van der Waals surface area (Å²) in [5.74, 6) is -0.190. The highest BCUT2D eigenvalue weighted by Crippen LogP contribution is 2.27. The van der Waals surface area contributed by atoms with Gasteiger partial charge in [-0.1, -0.05) is 48.5 Å². The van der Waals surface area contributed by atoms with E-state index >= 15 is 0 Å². The summed E-state index contributed by atoms with van der Waals surface area (Å²) >= 11 is 1.48. The summed E-state index contributed by atoms with van der Waals surface area (Å²) in [6.45, 7) is 0. The maximum Gasteiger partial charge on any atom is 0.317 e. The Balaban J connectivity index is 0.00000380. The van der Waals surface area contributed by atoms with Crippen molar-refractivity contribution in [3.05, 3.63) is 78.1 Å². The molecule has 1 aromatic heterocycles. The summed E-state index contributed by atoms with van der Waals surface area (Å²) in [5, 5.41) is 3.77. The molecule has 8 nitrogen and oxygen atoms in total. The van der Waals surface area contributed by atoms with Crippen molar-refractivity contribution >= 4 is 40.8 Å². The van der Waals surface area contributed by atoms with Crippen LogP contribution in [-0.2, 0) is 28.5 Å². The predicted molar refractivity (Wildman–Crippen MR) is 140 cm³/mol. The average Bonchev–Trinajstić information content (AvgIpc) is 3.16. The van der Waals surface area contributed by atoms with Gasteiger partial charge >= 0.3 is 5.16 Å². The normalized spacial score (nSPS) is 14.8. The molecule has 0 bridgehead atoms. The summed E-state index contributed by atoms with van der Waals surface area (Å²) < 4.78 is 3.93. The quantitative estimate of drug-likeness (QED) is 0.297. The van der Waals surface area contributed by atoms with E-state index in [2.05, 4.69) is 5.32 Å². The first-order valence-electron chi connectivity index (χ1n) is 11.8. The minimum Gasteiger partial charge on any atom is -1.00 e. The Morgan fingerprint density at radius 1 is 1.05 bits per heavy atom. The summed E-state index contributed by atoms with van der Waals surface area (Å²) in [7, 11) is 5.56. The number of hydrogen-bond donors (Lipinski definition) is 1. The number of amides is 2. The number of aliphatic imine (C=N–C) groups is 1. The predicted octanol–water partition coefficient (Wildman–Crippen LogP) is -0.359. The second kappa shape index (κ2) is 12.7. The van der Waals surface area contributed by atoms with E-state index in [1.165, 1.54) is 16.7 Å². The van der Waals surface area contributed by atoms with Crippen LogP contribution in [0.3, 0.4) is 0 Å². The number of imidazole rings is 1. The average molecular weight is 540 g/mol. The lowest BCUT2D eigenvalue weighted by molar-refractivity contribution is -0.709. The molecule has 1 unspecified atom stereocenters. The molecular weight excluding hydrogens is 510 g/mol. The first-order chi connectivity index (χ1) is 17.3. The standard InChI is InChI=1S/C27H29N5O3S.ClH/c1-30-16-17-31(2)27(30)36-18-20(33)12-9-15-23(34)28-25-26(35)32(3)22-14-8-7-13-21(22)24(29-25)19-10-5-4-6-11-19;/h4-8,10-11,13-14,16-17,25H,9,12,15,18H2,1-3H3;1H. The van der Waals surface area contributed by atoms with Gasteiger partial charge in [0.2, 0.25) is 12.1 Å². The Bertz CT molecular complexity index is 1290. The van der Waals surface area contributed by atoms with Gasteiger partial charge in [0.05, 0.1) is 31.2 Å². The summed E-state index contributed by atoms with van der Waals surface area (Å²) in [5.41, 5.74) is 3.07. The number of fused-ring (bicyclic) bond motifs is 1. The SMILES string of the molecule is CN1C(=O)C(NC(=O)CCCC(=O)CSc2n(C)cc[n+]2C)N=C(c2ccccc2)c2ccccc21.[Cl-]. The van der Waals surface area contributed by atoms with Crippen molar-refractivity contribution in [1.29, 1.82) is 0 Å². The molecule has 4 rings (SSSR count). The Hall–Kier alpha value is -3.43. The molecule has 2 heterocycles. The number of aryl methyl sites for hydroxylation is 2. The summed E-state index contributed by atoms with van der Waals surface area (Å²) in [6, 6.07) is 17.2. The molecule has 2 aromatic carbocycles. The fourth-order valence-electron chi connectivity index (χ4n) is 4.11. The number of nitrogens with one attached hydrogen (secondary N) is 1. The van der Waals surface area contributed by atoms with Crippen LogP contribution in [0.5, 0.6) is 0 Å². The number of ketones is 1. The number of thioether (sulfide) groups is 1. The van der Waals surface area contributed by atoms with Crippen LogP contribution < -0.4 is 27.2 Å². The maximum absolute atomic E-state index is 13.2. The molecule has 0 aliphatic carbocycles. The van der Waals surface area contributed by atoms with Crippen molar-refractivity contribution in [3.8, 4) is 0 Å². The highest BCUT2D eigenvalue weighted by Gasteiger charge is 2.30. The van der Waals surface area contributed by atoms with Gasteiger partial charge in [0.1, 0.15) is 18.2 Å². The van der Waals surface area contributed by atoms with Gasteiger partial charge in [-0.15, -0.1) is 0 Å². The molecule has 0 saturated heterocycles. The van der Waals surface area contributed by atoms with Crippen LogP contribution in [0.25, 0.3) is 0 Å². The van der Waals surface area contributed by atoms with Crippen molar-refractivity contribution in [3.63, 3.8) is 0 Å². The molecule has 3 aromatic rings. The zero-order valence-corrected chi connectivity index (χ0v) is 22.6. The number of aromatic nitrogens is 2. The van der Waals surface area contributed by atoms with Crippen molar-refractivity contribution in [1.82, 2.24) is 9.88 Å². The number of hydrogen-bond acceptors (Lipinski definition) is 5. The fraction of sp³-hybridized carbons (Fsp3) is 0.296. The molecule has 1 atom stereocenters. The first kappa shape index (κ1) is 28.1. The van der Waals surface area contributed by atoms with Gasteiger partial charge in [-0.3, -0.25) is 14.4 Å². The maximum atomic E-state index is 13.2. The largest absolute Gasteiger partial charge is 1.00 e. The molecule has 0 radical (unpaired) electrons. The van der Waals surface area contributed by atoms with E-state index in [0.29, 0.717) is 24.3 Å². The Morgan fingerprint density at radius 2 is 1.76 bits per heavy atom. The second-order valence-corrected chi connectivity index (χ2v) is 9.65. The molecule has 10 heteroatoms. The molecular formula is C27H30ClN5O3S. The topological polar surface area (TPSA) is 87.6 Å². The zero-order chi connectivity index (χ0) is 25.7. The van der Waals surface area contributed by atoms with Crippen molar-refractivity contribution in [2.45, 2.75) is 30.6 Å². The van der Waals surface area contributed by atoms with Crippen LogP contribution in [-0.4, -0.2) is 46.8 Å². The smallest absolute Gasteiger partial charge is 0.317 e. The number of para-hydroxylation sites is 1. The molecule has 1 N–H and O–H groups in total. The van der Waals surface area contributed by atoms with Crippen molar-refractivity contribution in [2.24, 2.45) is 19.1 Å². The molecule has 0 saturated carbocycles. The van der Waals surface area contributed by atoms with Crippen molar-refractivity contribution in [2.75, 3.05) is 17.7 Å². The lowest BCUT2D eigenvalue weighted by Gasteiger charge is -2.20. The minimum absolute atomic E-state index is 0. The van der Waals surface area contributed by atoms with Crippen LogP contribution in [0, 0.1) is 0 Å². The highest BCUT2D eigenvalue weighted by molar-refractivity contribution is 7.99. The van der Waals surface area contributed by atoms with Gasteiger partial charge in [0.25, 0.3) is 5.91 Å². The van der Waals surface area contributed by atoms with Crippen LogP contribution >= 0.6 is 11.8 Å². The van der Waals surface area contributed by atoms with Gasteiger partial charge in [0.15, 0.2) is 0 Å². The first-order valence-corrected chi connectivity index (χ1v) is 12.8. The molecule has 0 spiro atoms. The number of nitrogens with zero attached hydrogens (tertiary/aromatic N) is 4. The summed E-state index contributed by atoms with van der Waals surface area (Å²) in [4.78, 5) is 44.5. The third-order valence-corrected chi connectivity index (χ3v) is 7.33. The van der Waals surface area contributed by atoms with Crippen molar-refractivity contribution < 1.29 is 31.4 Å². The number of rotatable bonds is 9. The number of Topliss-reactive ketones (excluding diaryl/α,β-unsaturated/α-hetero) is 1. The van der Waals surface area contributed by atoms with E-state index in [1.807, 2.05) is 90.2 Å². The van der Waals surface area contributed by atoms with E-state index in [1.54, 1.807) is 7.05 Å². The Labute approximate surface area is 227 Å². The van der Waals surface area contributed by atoms with E-state index in [9.17, 15) is 14.4 Å². The molecule has 2 amide bonds. The number of halogens is 1. The number of benzene rings is 2. The number of likely N-dealkylation sites (N-methyl/N-ethyl adjacent to an activating group) is 1. The van der Waals surface area contributed by atoms with E-state index in [-0.39, 0.29) is 36.4 Å². The second-order valence-electron chi connectivity index (χ2n) is 8.71. The molecule has 194 valence electrons. The number of carbonyl (C=O) groups is 3. The molecule has 37 heavy (non-hydrogen) atoms. The Kier molecular flexibility index (Phi) is 9.66. The van der Waals surface area contributed by atoms with Crippen LogP contribution in [0.15, 0.2) is 77.1 Å². The van der Waals surface area contributed by atoms with E-state index < -0.39 is 6.17 Å². The van der Waals surface area contributed by atoms with Gasteiger partial charge in [-0.25, -0.2) is 14.1 Å². The third-order valence-electron chi connectivity index (χ3n) is 6.03. The van der Waals surface area contributed by atoms with E-state index in [0.717, 1.165) is 22.0 Å². The Morgan fingerprint density at radius 3 is 2.46 bits per heavy atom. The van der Waals surface area contributed by atoms with Gasteiger partial charge < -0.3 is 22.6 Å². The monoisotopic (exact) mass is 539 g/mol. The lowest BCUT2D eigenvalue weighted by atomic mass is 10.0. The number of benzodiazepines with no additional fused rings is 1. The van der Waals surface area contributed by atoms with Crippen LogP contribution in [0.1, 0.15) is 30.4 Å². The van der Waals surface area contributed by atoms with Gasteiger partial charge in [-0.2, -0.15) is 0 Å². The zero-order valence-electron chi connectivity index (χ0n) is 21.1.